The summed E-state index contributed by atoms with van der Waals surface area (Å²) in [4.78, 5) is 14.6. The van der Waals surface area contributed by atoms with E-state index in [1.807, 2.05) is 0 Å². The van der Waals surface area contributed by atoms with Crippen molar-refractivity contribution in [3.63, 3.8) is 0 Å². The first-order chi connectivity index (χ1) is 9.73. The number of carbonyl (C=O) groups is 1. The monoisotopic (exact) mass is 303 g/mol. The molecule has 0 radical (unpaired) electrons. The Morgan fingerprint density at radius 1 is 1.14 bits per heavy atom. The van der Waals surface area contributed by atoms with Gasteiger partial charge in [-0.05, 0) is 18.2 Å². The highest BCUT2D eigenvalue weighted by Crippen LogP contribution is 2.36. The minimum Gasteiger partial charge on any atom is -0.478 e. The molecule has 0 bridgehead atoms. The lowest BCUT2D eigenvalue weighted by Gasteiger charge is -2.13. The Kier molecular flexibility index (Phi) is 3.63. The zero-order chi connectivity index (χ0) is 15.8. The molecule has 1 N–H and O–H groups in total. The van der Waals surface area contributed by atoms with Gasteiger partial charge in [-0.25, -0.2) is 13.6 Å². The molecule has 0 aliphatic rings. The predicted molar refractivity (Wildman–Crippen MR) is 61.6 cm³/mol. The summed E-state index contributed by atoms with van der Waals surface area (Å²) in [6.45, 7) is 0. The van der Waals surface area contributed by atoms with Crippen LogP contribution >= 0.6 is 0 Å². The summed E-state index contributed by atoms with van der Waals surface area (Å²) < 4.78 is 65.3. The van der Waals surface area contributed by atoms with Crippen LogP contribution in [0.25, 0.3) is 11.3 Å². The predicted octanol–water partition coefficient (Wildman–Crippen LogP) is 3.74. The highest BCUT2D eigenvalue weighted by Gasteiger charge is 2.37. The van der Waals surface area contributed by atoms with Crippen molar-refractivity contribution in [1.82, 2.24) is 4.98 Å². The number of aromatic nitrogens is 1. The second-order valence-corrected chi connectivity index (χ2v) is 3.99. The van der Waals surface area contributed by atoms with E-state index < -0.39 is 46.2 Å². The van der Waals surface area contributed by atoms with Crippen LogP contribution in [0.2, 0.25) is 0 Å². The number of nitrogens with zero attached hydrogens (tertiary/aromatic N) is 1. The number of benzene rings is 1. The van der Waals surface area contributed by atoms with E-state index in [4.69, 9.17) is 5.11 Å². The van der Waals surface area contributed by atoms with Gasteiger partial charge >= 0.3 is 12.1 Å². The lowest BCUT2D eigenvalue weighted by Crippen LogP contribution is -2.15. The fraction of sp³-hybridized carbons (Fsp3) is 0.0769. The third kappa shape index (κ3) is 2.69. The van der Waals surface area contributed by atoms with Crippen molar-refractivity contribution in [3.8, 4) is 11.3 Å². The molecule has 0 aliphatic heterocycles. The molecule has 0 saturated carbocycles. The number of hydrogen-bond donors (Lipinski definition) is 1. The molecule has 0 amide bonds. The molecule has 0 fully saturated rings. The number of pyridine rings is 1. The molecule has 1 aromatic carbocycles. The second kappa shape index (κ2) is 5.12. The first-order valence-electron chi connectivity index (χ1n) is 5.47. The molecule has 8 heteroatoms. The topological polar surface area (TPSA) is 50.2 Å². The molecule has 1 aromatic heterocycles. The summed E-state index contributed by atoms with van der Waals surface area (Å²) in [6, 6.07) is 3.21. The van der Waals surface area contributed by atoms with Crippen LogP contribution < -0.4 is 0 Å². The van der Waals surface area contributed by atoms with Crippen LogP contribution in [0, 0.1) is 11.6 Å². The van der Waals surface area contributed by atoms with Gasteiger partial charge in [0, 0.05) is 11.8 Å². The summed E-state index contributed by atoms with van der Waals surface area (Å²) >= 11 is 0. The van der Waals surface area contributed by atoms with Gasteiger partial charge in [-0.3, -0.25) is 4.98 Å². The van der Waals surface area contributed by atoms with E-state index in [0.717, 1.165) is 18.2 Å². The molecule has 21 heavy (non-hydrogen) atoms. The van der Waals surface area contributed by atoms with Gasteiger partial charge in [-0.1, -0.05) is 6.07 Å². The molecule has 0 unspecified atom stereocenters. The number of halogens is 5. The molecule has 0 aliphatic carbocycles. The zero-order valence-electron chi connectivity index (χ0n) is 10.1. The molecular formula is C13H6F5NO2. The fourth-order valence-electron chi connectivity index (χ4n) is 1.81. The molecule has 0 atom stereocenters. The normalized spacial score (nSPS) is 11.5. The van der Waals surface area contributed by atoms with Gasteiger partial charge in [0.15, 0.2) is 11.6 Å². The van der Waals surface area contributed by atoms with Crippen molar-refractivity contribution < 1.29 is 31.9 Å². The first kappa shape index (κ1) is 14.9. The van der Waals surface area contributed by atoms with E-state index in [1.54, 1.807) is 0 Å². The minimum absolute atomic E-state index is 0.462. The van der Waals surface area contributed by atoms with Gasteiger partial charge in [-0.15, -0.1) is 0 Å². The van der Waals surface area contributed by atoms with Crippen LogP contribution in [-0.4, -0.2) is 16.1 Å². The Labute approximate surface area is 114 Å². The van der Waals surface area contributed by atoms with Crippen LogP contribution in [0.15, 0.2) is 30.5 Å². The maximum Gasteiger partial charge on any atom is 0.417 e. The highest BCUT2D eigenvalue weighted by molar-refractivity contribution is 5.96. The van der Waals surface area contributed by atoms with E-state index in [2.05, 4.69) is 4.98 Å². The molecule has 1 heterocycles. The van der Waals surface area contributed by atoms with Crippen LogP contribution in [0.1, 0.15) is 15.9 Å². The van der Waals surface area contributed by atoms with Crippen LogP contribution in [0.5, 0.6) is 0 Å². The Hall–Kier alpha value is -2.51. The standard InChI is InChI=1S/C13H6F5NO2/c14-8-3-1-2-6(10(8)15)11-9(12(20)21)7(4-5-19-11)13(16,17)18/h1-5H,(H,20,21). The first-order valence-corrected chi connectivity index (χ1v) is 5.47. The van der Waals surface area contributed by atoms with Crippen molar-refractivity contribution in [2.24, 2.45) is 0 Å². The molecule has 0 spiro atoms. The summed E-state index contributed by atoms with van der Waals surface area (Å²) in [5.74, 6) is -4.72. The smallest absolute Gasteiger partial charge is 0.417 e. The third-order valence-corrected chi connectivity index (χ3v) is 2.68. The molecular weight excluding hydrogens is 297 g/mol. The maximum atomic E-state index is 13.7. The van der Waals surface area contributed by atoms with Gasteiger partial charge in [0.25, 0.3) is 0 Å². The molecule has 2 rings (SSSR count). The van der Waals surface area contributed by atoms with Gasteiger partial charge < -0.3 is 5.11 Å². The number of carboxylic acid groups (broad SMARTS) is 1. The van der Waals surface area contributed by atoms with Crippen molar-refractivity contribution in [3.05, 3.63) is 53.2 Å². The Morgan fingerprint density at radius 2 is 1.81 bits per heavy atom. The Balaban J connectivity index is 2.82. The summed E-state index contributed by atoms with van der Waals surface area (Å²) in [5.41, 5.74) is -4.15. The Bertz CT molecular complexity index is 712. The van der Waals surface area contributed by atoms with Gasteiger partial charge in [-0.2, -0.15) is 13.2 Å². The lowest BCUT2D eigenvalue weighted by molar-refractivity contribution is -0.138. The van der Waals surface area contributed by atoms with E-state index in [1.165, 1.54) is 0 Å². The summed E-state index contributed by atoms with van der Waals surface area (Å²) in [7, 11) is 0. The van der Waals surface area contributed by atoms with E-state index >= 15 is 0 Å². The largest absolute Gasteiger partial charge is 0.478 e. The van der Waals surface area contributed by atoms with Gasteiger partial charge in [0.2, 0.25) is 0 Å². The van der Waals surface area contributed by atoms with E-state index in [-0.39, 0.29) is 0 Å². The summed E-state index contributed by atoms with van der Waals surface area (Å²) in [5, 5.41) is 8.98. The summed E-state index contributed by atoms with van der Waals surface area (Å²) in [6.07, 6.45) is -4.27. The van der Waals surface area contributed by atoms with Crippen molar-refractivity contribution in [2.75, 3.05) is 0 Å². The average molecular weight is 303 g/mol. The molecule has 3 nitrogen and oxygen atoms in total. The van der Waals surface area contributed by atoms with Gasteiger partial charge in [0.1, 0.15) is 0 Å². The number of carboxylic acids is 1. The van der Waals surface area contributed by atoms with E-state index in [9.17, 15) is 26.7 Å². The molecule has 0 saturated heterocycles. The maximum absolute atomic E-state index is 13.7. The van der Waals surface area contributed by atoms with Gasteiger partial charge in [0.05, 0.1) is 16.8 Å². The average Bonchev–Trinajstić information content (AvgIpc) is 2.40. The molecule has 110 valence electrons. The zero-order valence-corrected chi connectivity index (χ0v) is 10.1. The number of aromatic carboxylic acids is 1. The third-order valence-electron chi connectivity index (χ3n) is 2.68. The van der Waals surface area contributed by atoms with Crippen LogP contribution in [0.3, 0.4) is 0 Å². The van der Waals surface area contributed by atoms with Crippen molar-refractivity contribution in [2.45, 2.75) is 6.18 Å². The van der Waals surface area contributed by atoms with Crippen LogP contribution in [-0.2, 0) is 6.18 Å². The lowest BCUT2D eigenvalue weighted by atomic mass is 10.00. The van der Waals surface area contributed by atoms with E-state index in [0.29, 0.717) is 12.3 Å². The van der Waals surface area contributed by atoms with Crippen molar-refractivity contribution in [1.29, 1.82) is 0 Å². The fourth-order valence-corrected chi connectivity index (χ4v) is 1.81. The number of hydrogen-bond acceptors (Lipinski definition) is 2. The quantitative estimate of drug-likeness (QED) is 0.860. The van der Waals surface area contributed by atoms with Crippen molar-refractivity contribution >= 4 is 5.97 Å². The number of alkyl halides is 3. The highest BCUT2D eigenvalue weighted by atomic mass is 19.4. The Morgan fingerprint density at radius 3 is 2.38 bits per heavy atom. The molecule has 2 aromatic rings. The van der Waals surface area contributed by atoms with Crippen LogP contribution in [0.4, 0.5) is 22.0 Å². The minimum atomic E-state index is -4.96. The SMILES string of the molecule is O=C(O)c1c(C(F)(F)F)ccnc1-c1cccc(F)c1F. The second-order valence-electron chi connectivity index (χ2n) is 3.99. The number of rotatable bonds is 2.